The van der Waals surface area contributed by atoms with Crippen molar-refractivity contribution in [1.29, 1.82) is 0 Å². The molecule has 10 heteroatoms. The molecule has 7 N–H and O–H groups in total. The van der Waals surface area contributed by atoms with Crippen LogP contribution in [0.1, 0.15) is 184 Å². The Kier molecular flexibility index (Phi) is 32.7. The summed E-state index contributed by atoms with van der Waals surface area (Å²) in [5.74, 6) is 6.48. The summed E-state index contributed by atoms with van der Waals surface area (Å²) in [5, 5.41) is 31.8. The van der Waals surface area contributed by atoms with Crippen LogP contribution in [0, 0.1) is 34.5 Å². The van der Waals surface area contributed by atoms with Crippen LogP contribution in [0.25, 0.3) is 0 Å². The number of nitrogens with zero attached hydrogens (tertiary/aromatic N) is 3. The van der Waals surface area contributed by atoms with E-state index in [1.54, 1.807) is 124 Å². The van der Waals surface area contributed by atoms with Crippen molar-refractivity contribution in [2.24, 2.45) is 34.5 Å². The first-order valence-corrected chi connectivity index (χ1v) is 26.2. The molecule has 4 aliphatic rings. The van der Waals surface area contributed by atoms with Crippen molar-refractivity contribution in [3.8, 4) is 17.2 Å². The van der Waals surface area contributed by atoms with Crippen LogP contribution in [0.3, 0.4) is 0 Å². The topological polar surface area (TPSA) is 149 Å². The normalized spacial score (nSPS) is 23.5. The van der Waals surface area contributed by atoms with Gasteiger partial charge in [-0.2, -0.15) is 24.9 Å². The maximum absolute atomic E-state index is 8.63. The summed E-state index contributed by atoms with van der Waals surface area (Å²) in [7, 11) is 0. The van der Waals surface area contributed by atoms with Crippen molar-refractivity contribution >= 4 is 27.7 Å². The molecular formula is C57H97N6O3P. The number of para-hydroxylation sites is 3. The monoisotopic (exact) mass is 945 g/mol. The van der Waals surface area contributed by atoms with Crippen molar-refractivity contribution in [2.75, 3.05) is 29.5 Å². The van der Waals surface area contributed by atoms with Gasteiger partial charge in [-0.25, -0.2) is 0 Å². The largest absolute Gasteiger partial charge is 0.508 e. The molecule has 0 bridgehead atoms. The molecule has 4 aromatic rings. The van der Waals surface area contributed by atoms with Crippen LogP contribution in [-0.4, -0.2) is 43.4 Å². The van der Waals surface area contributed by atoms with Crippen molar-refractivity contribution in [1.82, 2.24) is 15.0 Å². The van der Waals surface area contributed by atoms with Crippen molar-refractivity contribution in [2.45, 2.75) is 184 Å². The van der Waals surface area contributed by atoms with E-state index in [0.717, 1.165) is 47.6 Å². The maximum Gasteiger partial charge on any atom is 0.229 e. The van der Waals surface area contributed by atoms with Gasteiger partial charge in [-0.1, -0.05) is 122 Å². The molecule has 1 atom stereocenters. The van der Waals surface area contributed by atoms with Crippen LogP contribution in [0.4, 0.5) is 17.8 Å². The van der Waals surface area contributed by atoms with Crippen LogP contribution in [0.2, 0.25) is 0 Å². The highest BCUT2D eigenvalue weighted by Crippen LogP contribution is 2.52. The highest BCUT2D eigenvalue weighted by molar-refractivity contribution is 6.92. The average molecular weight is 945 g/mol. The molecule has 2 spiro atoms. The van der Waals surface area contributed by atoms with Crippen LogP contribution in [0.15, 0.2) is 91.0 Å². The lowest BCUT2D eigenvalue weighted by atomic mass is 9.61. The number of nitrogens with two attached hydrogens (primary N) is 1. The Bertz CT molecular complexity index is 1510. The van der Waals surface area contributed by atoms with Gasteiger partial charge < -0.3 is 31.7 Å². The number of anilines is 3. The number of phenolic OH excluding ortho intramolecular Hbond substituents is 3. The number of rotatable bonds is 8. The minimum Gasteiger partial charge on any atom is -0.508 e. The van der Waals surface area contributed by atoms with E-state index in [1.807, 2.05) is 45.9 Å². The van der Waals surface area contributed by atoms with E-state index in [1.165, 1.54) is 77.0 Å². The SMILES string of the molecule is CC.CCC1CCC2(CC1)CCC(CC)CC2.CCC1CCC2(CC1)CCC(CC)CC2.CCNc1nc(N)nc(NCC)n1.Oc1ccccc1.Oc1ccccc1.Oc1ccccc1.P. The molecule has 1 heterocycles. The van der Waals surface area contributed by atoms with Gasteiger partial charge in [-0.15, -0.1) is 0 Å². The van der Waals surface area contributed by atoms with E-state index in [2.05, 4.69) is 53.3 Å². The first-order valence-electron chi connectivity index (χ1n) is 26.2. The molecule has 9 nitrogen and oxygen atoms in total. The van der Waals surface area contributed by atoms with Gasteiger partial charge in [0, 0.05) is 13.1 Å². The van der Waals surface area contributed by atoms with Crippen molar-refractivity contribution in [3.05, 3.63) is 91.0 Å². The number of phenols is 3. The quantitative estimate of drug-likeness (QED) is 0.0949. The summed E-state index contributed by atoms with van der Waals surface area (Å²) >= 11 is 0. The first-order chi connectivity index (χ1) is 32.0. The predicted molar refractivity (Wildman–Crippen MR) is 293 cm³/mol. The van der Waals surface area contributed by atoms with Gasteiger partial charge in [0.15, 0.2) is 0 Å². The summed E-state index contributed by atoms with van der Waals surface area (Å²) in [6, 6.07) is 26.1. The fraction of sp³-hybridized carbons (Fsp3) is 0.632. The van der Waals surface area contributed by atoms with E-state index in [9.17, 15) is 0 Å². The van der Waals surface area contributed by atoms with Crippen LogP contribution >= 0.6 is 9.90 Å². The fourth-order valence-corrected chi connectivity index (χ4v) is 9.94. The Labute approximate surface area is 412 Å². The first kappa shape index (κ1) is 60.9. The van der Waals surface area contributed by atoms with Gasteiger partial charge in [-0.3, -0.25) is 0 Å². The lowest BCUT2D eigenvalue weighted by molar-refractivity contribution is 0.0738. The zero-order chi connectivity index (χ0) is 48.5. The molecule has 0 aliphatic heterocycles. The number of aromatic hydroxyl groups is 3. The van der Waals surface area contributed by atoms with Crippen LogP contribution in [-0.2, 0) is 0 Å². The molecule has 0 saturated heterocycles. The van der Waals surface area contributed by atoms with Gasteiger partial charge in [0.1, 0.15) is 17.2 Å². The smallest absolute Gasteiger partial charge is 0.229 e. The fourth-order valence-electron chi connectivity index (χ4n) is 9.94. The zero-order valence-corrected chi connectivity index (χ0v) is 44.9. The van der Waals surface area contributed by atoms with Gasteiger partial charge in [0.2, 0.25) is 17.8 Å². The summed E-state index contributed by atoms with van der Waals surface area (Å²) in [5.41, 5.74) is 7.11. The van der Waals surface area contributed by atoms with E-state index < -0.39 is 0 Å². The maximum atomic E-state index is 8.63. The Morgan fingerprint density at radius 1 is 0.433 bits per heavy atom. The summed E-state index contributed by atoms with van der Waals surface area (Å²) < 4.78 is 0. The molecule has 67 heavy (non-hydrogen) atoms. The Morgan fingerprint density at radius 3 is 0.821 bits per heavy atom. The summed E-state index contributed by atoms with van der Waals surface area (Å²) in [6.45, 7) is 18.9. The molecule has 4 fully saturated rings. The second kappa shape index (κ2) is 36.0. The molecule has 8 rings (SSSR count). The summed E-state index contributed by atoms with van der Waals surface area (Å²) in [6.07, 6.45) is 30.4. The highest BCUT2D eigenvalue weighted by atomic mass is 31.0. The third-order valence-corrected chi connectivity index (χ3v) is 14.6. The number of aromatic nitrogens is 3. The van der Waals surface area contributed by atoms with E-state index in [-0.39, 0.29) is 15.8 Å². The minimum absolute atomic E-state index is 0. The number of nitrogen functional groups attached to an aromatic ring is 1. The molecule has 4 saturated carbocycles. The number of benzene rings is 3. The Balaban J connectivity index is 0.000000409. The number of hydrogen-bond donors (Lipinski definition) is 6. The molecule has 1 aromatic heterocycles. The zero-order valence-electron chi connectivity index (χ0n) is 43.5. The van der Waals surface area contributed by atoms with Crippen molar-refractivity contribution < 1.29 is 15.3 Å². The van der Waals surface area contributed by atoms with Gasteiger partial charge in [0.05, 0.1) is 0 Å². The Hall–Kier alpha value is -4.10. The predicted octanol–water partition coefficient (Wildman–Crippen LogP) is 15.9. The molecule has 378 valence electrons. The second-order valence-electron chi connectivity index (χ2n) is 18.8. The molecular weight excluding hydrogens is 848 g/mol. The highest BCUT2D eigenvalue weighted by Gasteiger charge is 2.38. The van der Waals surface area contributed by atoms with Gasteiger partial charge >= 0.3 is 0 Å². The van der Waals surface area contributed by atoms with E-state index in [4.69, 9.17) is 21.1 Å². The molecule has 3 aromatic carbocycles. The van der Waals surface area contributed by atoms with Crippen LogP contribution < -0.4 is 16.4 Å². The average Bonchev–Trinajstić information content (AvgIpc) is 3.35. The number of hydrogen-bond acceptors (Lipinski definition) is 9. The minimum atomic E-state index is 0. The molecule has 4 aliphatic carbocycles. The lowest BCUT2D eigenvalue weighted by Gasteiger charge is -2.45. The third-order valence-electron chi connectivity index (χ3n) is 14.6. The van der Waals surface area contributed by atoms with Gasteiger partial charge in [-0.05, 0) is 187 Å². The summed E-state index contributed by atoms with van der Waals surface area (Å²) in [4.78, 5) is 11.9. The lowest BCUT2D eigenvalue weighted by Crippen LogP contribution is -2.31. The van der Waals surface area contributed by atoms with Gasteiger partial charge in [0.25, 0.3) is 0 Å². The Morgan fingerprint density at radius 2 is 0.657 bits per heavy atom. The standard InChI is InChI=1S/2C15H28.C7H14N6.3C6H6O.C2H6.H3P/c2*1-3-13-5-9-15(10-6-13)11-7-14(4-2)8-12-15;1-3-9-6-11-5(8)12-7(13-6)10-4-2;3*7-6-4-2-1-3-5-6;1-2;/h2*13-14H,3-12H2,1-2H3;3-4H2,1-2H3,(H4,8,9,10,11,12,13);3*1-5,7H;1-2H3;1H3. The molecule has 0 amide bonds. The second-order valence-corrected chi connectivity index (χ2v) is 18.8. The van der Waals surface area contributed by atoms with E-state index in [0.29, 0.717) is 29.1 Å². The molecule has 1 unspecified atom stereocenters. The van der Waals surface area contributed by atoms with Crippen molar-refractivity contribution in [3.63, 3.8) is 0 Å². The van der Waals surface area contributed by atoms with Crippen LogP contribution in [0.5, 0.6) is 17.2 Å². The van der Waals surface area contributed by atoms with E-state index >= 15 is 0 Å². The third kappa shape index (κ3) is 25.2. The number of nitrogens with one attached hydrogen (secondary N) is 2. The molecule has 0 radical (unpaired) electrons.